The van der Waals surface area contributed by atoms with Crippen LogP contribution in [-0.4, -0.2) is 60.1 Å². The summed E-state index contributed by atoms with van der Waals surface area (Å²) in [7, 11) is -1.46. The molecule has 1 atom stereocenters. The molecule has 0 aliphatic heterocycles. The van der Waals surface area contributed by atoms with E-state index in [1.165, 1.54) is 91.1 Å². The molecule has 0 heterocycles. The Labute approximate surface area is 201 Å². The number of hydrogen-bond acceptors (Lipinski definition) is 4. The van der Waals surface area contributed by atoms with Crippen molar-refractivity contribution in [3.8, 4) is 0 Å². The molecule has 0 aromatic rings. The van der Waals surface area contributed by atoms with Crippen LogP contribution in [0.4, 0.5) is 4.79 Å². The summed E-state index contributed by atoms with van der Waals surface area (Å²) in [6, 6.07) is -0.562. The van der Waals surface area contributed by atoms with E-state index < -0.39 is 31.6 Å². The molecule has 3 N–H and O–H groups in total. The van der Waals surface area contributed by atoms with Gasteiger partial charge in [0.05, 0.1) is 18.7 Å². The van der Waals surface area contributed by atoms with Gasteiger partial charge in [-0.05, 0) is 12.8 Å². The van der Waals surface area contributed by atoms with Gasteiger partial charge in [-0.2, -0.15) is 0 Å². The van der Waals surface area contributed by atoms with Crippen molar-refractivity contribution >= 4 is 19.5 Å². The summed E-state index contributed by atoms with van der Waals surface area (Å²) in [6.07, 6.45) is 17.4. The van der Waals surface area contributed by atoms with E-state index in [1.807, 2.05) is 0 Å². The summed E-state index contributed by atoms with van der Waals surface area (Å²) in [4.78, 5) is 43.3. The lowest BCUT2D eigenvalue weighted by Crippen LogP contribution is -2.43. The van der Waals surface area contributed by atoms with Crippen LogP contribution >= 0.6 is 7.60 Å². The van der Waals surface area contributed by atoms with Crippen molar-refractivity contribution < 1.29 is 28.7 Å². The smallest absolute Gasteiger partial charge is 0.325 e. The fourth-order valence-electron chi connectivity index (χ4n) is 3.77. The Kier molecular flexibility index (Phi) is 19.8. The number of unbranched alkanes of at least 4 members (excludes halogenated alkanes) is 13. The van der Waals surface area contributed by atoms with Crippen LogP contribution in [0.5, 0.6) is 0 Å². The molecular weight excluding hydrogens is 443 g/mol. The largest absolute Gasteiger partial charge is 0.381 e. The lowest BCUT2D eigenvalue weighted by atomic mass is 10.0. The lowest BCUT2D eigenvalue weighted by molar-refractivity contribution is -0.133. The number of nitrogens with zero attached hydrogens (tertiary/aromatic N) is 1. The van der Waals surface area contributed by atoms with E-state index in [1.54, 1.807) is 0 Å². The predicted molar refractivity (Wildman–Crippen MR) is 133 cm³/mol. The Hall–Kier alpha value is -0.950. The number of carbonyl (C=O) groups excluding carboxylic acids is 2. The molecule has 0 aliphatic carbocycles. The van der Waals surface area contributed by atoms with E-state index in [9.17, 15) is 14.2 Å². The van der Waals surface area contributed by atoms with Crippen LogP contribution in [0.2, 0.25) is 0 Å². The Balaban J connectivity index is 3.87. The van der Waals surface area contributed by atoms with Crippen LogP contribution in [0.3, 0.4) is 0 Å². The summed E-state index contributed by atoms with van der Waals surface area (Å²) in [6.45, 7) is 2.81. The fraction of sp³-hybridized carbons (Fsp3) is 0.917. The molecule has 3 amide bonds. The maximum absolute atomic E-state index is 12.5. The molecule has 0 saturated carbocycles. The van der Waals surface area contributed by atoms with Crippen LogP contribution in [0, 0.1) is 5.92 Å². The first-order chi connectivity index (χ1) is 15.7. The number of hydrogen-bond donors (Lipinski definition) is 3. The fourth-order valence-corrected chi connectivity index (χ4v) is 4.42. The van der Waals surface area contributed by atoms with E-state index >= 15 is 0 Å². The zero-order valence-electron chi connectivity index (χ0n) is 21.2. The first-order valence-electron chi connectivity index (χ1n) is 12.8. The average Bonchev–Trinajstić information content (AvgIpc) is 2.78. The quantitative estimate of drug-likeness (QED) is 0.145. The molecule has 0 rings (SSSR count). The van der Waals surface area contributed by atoms with E-state index in [-0.39, 0.29) is 13.0 Å². The van der Waals surface area contributed by atoms with E-state index in [0.717, 1.165) is 17.7 Å². The highest BCUT2D eigenvalue weighted by atomic mass is 31.2. The second kappa shape index (κ2) is 20.4. The lowest BCUT2D eigenvalue weighted by Gasteiger charge is -2.22. The molecule has 0 spiro atoms. The molecule has 8 nitrogen and oxygen atoms in total. The third-order valence-electron chi connectivity index (χ3n) is 5.93. The van der Waals surface area contributed by atoms with E-state index in [4.69, 9.17) is 14.5 Å². The average molecular weight is 493 g/mol. The van der Waals surface area contributed by atoms with Crippen molar-refractivity contribution in [2.75, 3.05) is 33.5 Å². The summed E-state index contributed by atoms with van der Waals surface area (Å²) >= 11 is 0. The van der Waals surface area contributed by atoms with Crippen LogP contribution in [-0.2, 0) is 14.1 Å². The first kappa shape index (κ1) is 32.0. The van der Waals surface area contributed by atoms with Gasteiger partial charge in [-0.25, -0.2) is 4.79 Å². The van der Waals surface area contributed by atoms with Gasteiger partial charge in [0.1, 0.15) is 0 Å². The second-order valence-electron chi connectivity index (χ2n) is 9.00. The van der Waals surface area contributed by atoms with Crippen molar-refractivity contribution in [3.05, 3.63) is 0 Å². The minimum atomic E-state index is -4.22. The SMILES string of the molecule is CCCCCCCCCCCCCCCCOC[C@@H](CCP(=O)(O)O)C(=O)N(C)C(=O)NC. The van der Waals surface area contributed by atoms with E-state index in [2.05, 4.69) is 12.2 Å². The number of urea groups is 1. The van der Waals surface area contributed by atoms with Crippen molar-refractivity contribution in [1.29, 1.82) is 0 Å². The molecule has 33 heavy (non-hydrogen) atoms. The van der Waals surface area contributed by atoms with Gasteiger partial charge in [-0.15, -0.1) is 0 Å². The molecule has 9 heteroatoms. The number of rotatable bonds is 21. The normalized spacial score (nSPS) is 12.5. The van der Waals surface area contributed by atoms with Gasteiger partial charge >= 0.3 is 13.6 Å². The van der Waals surface area contributed by atoms with Gasteiger partial charge in [-0.3, -0.25) is 14.3 Å². The molecule has 0 fully saturated rings. The molecular formula is C24H49N2O6P. The van der Waals surface area contributed by atoms with Crippen LogP contribution in [0.15, 0.2) is 0 Å². The van der Waals surface area contributed by atoms with Crippen LogP contribution < -0.4 is 5.32 Å². The van der Waals surface area contributed by atoms with E-state index in [0.29, 0.717) is 6.61 Å². The summed E-state index contributed by atoms with van der Waals surface area (Å²) in [5, 5.41) is 2.37. The Bertz CT molecular complexity index is 555. The molecule has 0 aliphatic rings. The molecule has 196 valence electrons. The van der Waals surface area contributed by atoms with Crippen molar-refractivity contribution in [2.45, 2.75) is 103 Å². The van der Waals surface area contributed by atoms with Gasteiger partial charge in [0.15, 0.2) is 0 Å². The zero-order valence-corrected chi connectivity index (χ0v) is 22.1. The summed E-state index contributed by atoms with van der Waals surface area (Å²) in [5.41, 5.74) is 0. The number of nitrogens with one attached hydrogen (secondary N) is 1. The van der Waals surface area contributed by atoms with Crippen LogP contribution in [0.1, 0.15) is 103 Å². The highest BCUT2D eigenvalue weighted by molar-refractivity contribution is 7.51. The molecule has 0 aromatic carbocycles. The standard InChI is InChI=1S/C24H49N2O6P/c1-4-5-6-7-8-9-10-11-12-13-14-15-16-17-19-32-21-22(18-20-33(29,30)31)23(27)26(3)24(28)25-2/h22H,4-21H2,1-3H3,(H,25,28)(H2,29,30,31)/t22-/m1/s1. The zero-order chi connectivity index (χ0) is 25.0. The molecule has 0 unspecified atom stereocenters. The topological polar surface area (TPSA) is 116 Å². The monoisotopic (exact) mass is 492 g/mol. The van der Waals surface area contributed by atoms with Gasteiger partial charge in [0.25, 0.3) is 0 Å². The van der Waals surface area contributed by atoms with Gasteiger partial charge in [0, 0.05) is 20.7 Å². The number of carbonyl (C=O) groups is 2. The summed E-state index contributed by atoms with van der Waals surface area (Å²) in [5.74, 6) is -1.25. The van der Waals surface area contributed by atoms with Gasteiger partial charge < -0.3 is 19.8 Å². The number of imide groups is 1. The Morgan fingerprint density at radius 3 is 1.76 bits per heavy atom. The first-order valence-corrected chi connectivity index (χ1v) is 14.6. The van der Waals surface area contributed by atoms with Crippen LogP contribution in [0.25, 0.3) is 0 Å². The highest BCUT2D eigenvalue weighted by Crippen LogP contribution is 2.36. The Morgan fingerprint density at radius 2 is 1.33 bits per heavy atom. The van der Waals surface area contributed by atoms with Crippen molar-refractivity contribution in [2.24, 2.45) is 5.92 Å². The molecule has 0 saturated heterocycles. The molecule has 0 aromatic heterocycles. The predicted octanol–water partition coefficient (Wildman–Crippen LogP) is 5.47. The maximum Gasteiger partial charge on any atom is 0.325 e. The second-order valence-corrected chi connectivity index (χ2v) is 10.8. The number of ether oxygens (including phenoxy) is 1. The van der Waals surface area contributed by atoms with Gasteiger partial charge in [-0.1, -0.05) is 90.4 Å². The Morgan fingerprint density at radius 1 is 0.879 bits per heavy atom. The maximum atomic E-state index is 12.5. The highest BCUT2D eigenvalue weighted by Gasteiger charge is 2.28. The third-order valence-corrected chi connectivity index (χ3v) is 6.77. The minimum Gasteiger partial charge on any atom is -0.381 e. The van der Waals surface area contributed by atoms with Crippen molar-refractivity contribution in [1.82, 2.24) is 10.2 Å². The molecule has 0 radical (unpaired) electrons. The minimum absolute atomic E-state index is 0.0246. The van der Waals surface area contributed by atoms with Crippen molar-refractivity contribution in [3.63, 3.8) is 0 Å². The summed E-state index contributed by atoms with van der Waals surface area (Å²) < 4.78 is 16.8. The third kappa shape index (κ3) is 19.1. The number of amides is 3. The van der Waals surface area contributed by atoms with Gasteiger partial charge in [0.2, 0.25) is 5.91 Å². The molecule has 0 bridgehead atoms.